The third-order valence-corrected chi connectivity index (χ3v) is 7.80. The molecule has 1 aromatic heterocycles. The van der Waals surface area contributed by atoms with Crippen molar-refractivity contribution in [3.63, 3.8) is 0 Å². The number of aromatic nitrogens is 2. The molecule has 1 aliphatic carbocycles. The summed E-state index contributed by atoms with van der Waals surface area (Å²) in [6.07, 6.45) is 6.28. The lowest BCUT2D eigenvalue weighted by molar-refractivity contribution is 0.282. The maximum Gasteiger partial charge on any atom is 0.315 e. The zero-order valence-corrected chi connectivity index (χ0v) is 20.1. The topological polar surface area (TPSA) is 58.4 Å². The van der Waals surface area contributed by atoms with Crippen LogP contribution in [0.2, 0.25) is 0 Å². The first-order valence-corrected chi connectivity index (χ1v) is 12.0. The molecule has 1 aliphatic heterocycles. The van der Waals surface area contributed by atoms with Crippen molar-refractivity contribution < 1.29 is 5.11 Å². The lowest BCUT2D eigenvalue weighted by atomic mass is 9.75. The Morgan fingerprint density at radius 1 is 1.26 bits per heavy atom. The second-order valence-corrected chi connectivity index (χ2v) is 9.97. The van der Waals surface area contributed by atoms with E-state index >= 15 is 0 Å². The highest BCUT2D eigenvalue weighted by Crippen LogP contribution is 2.44. The van der Waals surface area contributed by atoms with Crippen LogP contribution < -0.4 is 10.9 Å². The average Bonchev–Trinajstić information content (AvgIpc) is 3.21. The van der Waals surface area contributed by atoms with Crippen molar-refractivity contribution in [3.8, 4) is 5.75 Å². The van der Waals surface area contributed by atoms with Crippen LogP contribution in [-0.2, 0) is 24.8 Å². The van der Waals surface area contributed by atoms with Crippen molar-refractivity contribution in [1.82, 2.24) is 14.5 Å². The Kier molecular flexibility index (Phi) is 6.00. The number of hydrogen-bond donors (Lipinski definition) is 1. The van der Waals surface area contributed by atoms with Gasteiger partial charge in [0.05, 0.1) is 5.70 Å². The normalized spacial score (nSPS) is 18.0. The molecular weight excluding hydrogens is 405 g/mol. The van der Waals surface area contributed by atoms with Crippen molar-refractivity contribution in [2.45, 2.75) is 77.3 Å². The number of rotatable bonds is 5. The zero-order chi connectivity index (χ0) is 22.3. The van der Waals surface area contributed by atoms with E-state index in [1.54, 1.807) is 0 Å². The van der Waals surface area contributed by atoms with Crippen molar-refractivity contribution in [3.05, 3.63) is 57.8 Å². The van der Waals surface area contributed by atoms with Gasteiger partial charge in [-0.15, -0.1) is 9.24 Å². The molecule has 1 atom stereocenters. The first kappa shape index (κ1) is 22.1. The molecular formula is C25H34N3O2P. The predicted molar refractivity (Wildman–Crippen MR) is 130 cm³/mol. The minimum atomic E-state index is -0.546. The summed E-state index contributed by atoms with van der Waals surface area (Å²) in [6, 6.07) is 7.06. The molecule has 1 saturated carbocycles. The van der Waals surface area contributed by atoms with Crippen LogP contribution in [0.15, 0.2) is 29.6 Å². The molecule has 0 saturated heterocycles. The number of fused-ring (bicyclic) bond motifs is 1. The summed E-state index contributed by atoms with van der Waals surface area (Å²) in [5.41, 5.74) is 3.39. The van der Waals surface area contributed by atoms with Crippen molar-refractivity contribution >= 4 is 20.2 Å². The van der Waals surface area contributed by atoms with Crippen LogP contribution in [0, 0.1) is 0 Å². The molecule has 4 rings (SSSR count). The highest BCUT2D eigenvalue weighted by Gasteiger charge is 2.38. The van der Waals surface area contributed by atoms with Gasteiger partial charge in [-0.05, 0) is 49.5 Å². The Morgan fingerprint density at radius 2 is 1.97 bits per heavy atom. The van der Waals surface area contributed by atoms with E-state index in [1.165, 1.54) is 29.3 Å². The highest BCUT2D eigenvalue weighted by atomic mass is 31.0. The van der Waals surface area contributed by atoms with E-state index < -0.39 is 5.56 Å². The van der Waals surface area contributed by atoms with Crippen LogP contribution >= 0.6 is 9.24 Å². The Hall–Kier alpha value is -2.13. The number of benzene rings is 1. The monoisotopic (exact) mass is 439 g/mol. The largest absolute Gasteiger partial charge is 0.501 e. The number of aryl methyl sites for hydroxylation is 1. The average molecular weight is 440 g/mol. The van der Waals surface area contributed by atoms with Gasteiger partial charge in [-0.3, -0.25) is 4.79 Å². The first-order chi connectivity index (χ1) is 14.8. The fourth-order valence-electron chi connectivity index (χ4n) is 5.47. The summed E-state index contributed by atoms with van der Waals surface area (Å²) in [5, 5.41) is 11.8. The summed E-state index contributed by atoms with van der Waals surface area (Å²) in [7, 11) is 2.84. The van der Waals surface area contributed by atoms with E-state index in [4.69, 9.17) is 0 Å². The molecule has 0 spiro atoms. The van der Waals surface area contributed by atoms with Gasteiger partial charge in [0.15, 0.2) is 0 Å². The Balaban J connectivity index is 1.81. The van der Waals surface area contributed by atoms with Gasteiger partial charge in [0.25, 0.3) is 0 Å². The Bertz CT molecular complexity index is 1070. The molecule has 0 amide bonds. The van der Waals surface area contributed by atoms with E-state index in [1.807, 2.05) is 4.57 Å². The van der Waals surface area contributed by atoms with E-state index in [0.717, 1.165) is 31.6 Å². The molecule has 1 aromatic carbocycles. The number of hydrogen-bond acceptors (Lipinski definition) is 4. The molecule has 2 aliphatic rings. The molecule has 0 bridgehead atoms. The second kappa shape index (κ2) is 8.43. The van der Waals surface area contributed by atoms with Crippen LogP contribution in [-0.4, -0.2) is 32.1 Å². The summed E-state index contributed by atoms with van der Waals surface area (Å²) < 4.78 is 2.04. The minimum absolute atomic E-state index is 0.0179. The Morgan fingerprint density at radius 3 is 2.61 bits per heavy atom. The fraction of sp³-hybridized carbons (Fsp3) is 0.520. The van der Waals surface area contributed by atoms with Crippen LogP contribution in [0.25, 0.3) is 5.70 Å². The smallest absolute Gasteiger partial charge is 0.315 e. The maximum atomic E-state index is 12.7. The number of aromatic hydroxyl groups is 1. The summed E-state index contributed by atoms with van der Waals surface area (Å²) in [6.45, 7) is 12.1. The predicted octanol–water partition coefficient (Wildman–Crippen LogP) is 3.76. The van der Waals surface area contributed by atoms with E-state index in [2.05, 4.69) is 64.7 Å². The molecule has 5 nitrogen and oxygen atoms in total. The van der Waals surface area contributed by atoms with Crippen molar-refractivity contribution in [2.75, 3.05) is 6.54 Å². The molecule has 1 N–H and O–H groups in total. The molecule has 166 valence electrons. The summed E-state index contributed by atoms with van der Waals surface area (Å²) >= 11 is 0. The molecule has 2 aromatic rings. The fourth-order valence-corrected chi connectivity index (χ4v) is 5.85. The van der Waals surface area contributed by atoms with Gasteiger partial charge in [-0.25, -0.2) is 0 Å². The van der Waals surface area contributed by atoms with Crippen LogP contribution in [0.4, 0.5) is 0 Å². The van der Waals surface area contributed by atoms with Crippen LogP contribution in [0.1, 0.15) is 69.1 Å². The Labute approximate surface area is 187 Å². The van der Waals surface area contributed by atoms with Crippen molar-refractivity contribution in [1.29, 1.82) is 0 Å². The SMILES string of the molecule is C=C1c2c(O)c(=O)nc(CC3(c4ccc(P)c(CC)c4)CCCC3)n2CCN1C(C)C. The van der Waals surface area contributed by atoms with Crippen molar-refractivity contribution in [2.24, 2.45) is 0 Å². The highest BCUT2D eigenvalue weighted by molar-refractivity contribution is 7.27. The zero-order valence-electron chi connectivity index (χ0n) is 18.9. The standard InChI is InChI=1S/C25H34N3O2P/c1-5-18-14-19(8-9-20(18)31)25(10-6-7-11-25)15-21-26-24(30)23(29)22-17(4)27(16(2)3)12-13-28(21)22/h8-9,14,16,29H,4-7,10-13,15,31H2,1-3H3. The van der Waals surface area contributed by atoms with Gasteiger partial charge in [-0.1, -0.05) is 44.5 Å². The number of nitrogens with zero attached hydrogens (tertiary/aromatic N) is 3. The van der Waals surface area contributed by atoms with Gasteiger partial charge >= 0.3 is 5.56 Å². The molecule has 1 fully saturated rings. The van der Waals surface area contributed by atoms with Crippen LogP contribution in [0.3, 0.4) is 0 Å². The van der Waals surface area contributed by atoms with Gasteiger partial charge in [0.2, 0.25) is 5.75 Å². The van der Waals surface area contributed by atoms with Gasteiger partial charge in [0, 0.05) is 31.0 Å². The molecule has 31 heavy (non-hydrogen) atoms. The first-order valence-electron chi connectivity index (χ1n) is 11.4. The third kappa shape index (κ3) is 3.82. The maximum absolute atomic E-state index is 12.7. The van der Waals surface area contributed by atoms with Crippen LogP contribution in [0.5, 0.6) is 5.75 Å². The lowest BCUT2D eigenvalue weighted by Crippen LogP contribution is -2.41. The van der Waals surface area contributed by atoms with E-state index in [9.17, 15) is 9.90 Å². The minimum Gasteiger partial charge on any atom is -0.501 e. The third-order valence-electron chi connectivity index (χ3n) is 7.24. The molecule has 6 heteroatoms. The molecule has 2 heterocycles. The summed E-state index contributed by atoms with van der Waals surface area (Å²) in [5.74, 6) is 0.498. The van der Waals surface area contributed by atoms with Gasteiger partial charge < -0.3 is 14.6 Å². The lowest BCUT2D eigenvalue weighted by Gasteiger charge is -2.38. The van der Waals surface area contributed by atoms with E-state index in [-0.39, 0.29) is 17.2 Å². The quantitative estimate of drug-likeness (QED) is 0.721. The molecule has 1 unspecified atom stereocenters. The van der Waals surface area contributed by atoms with Gasteiger partial charge in [0.1, 0.15) is 11.5 Å². The second-order valence-electron chi connectivity index (χ2n) is 9.35. The summed E-state index contributed by atoms with van der Waals surface area (Å²) in [4.78, 5) is 19.2. The van der Waals surface area contributed by atoms with Gasteiger partial charge in [-0.2, -0.15) is 4.98 Å². The molecule has 0 radical (unpaired) electrons. The van der Waals surface area contributed by atoms with E-state index in [0.29, 0.717) is 24.4 Å².